The Kier molecular flexibility index (Phi) is 8.53. The van der Waals surface area contributed by atoms with Crippen LogP contribution in [0.15, 0.2) is 57.0 Å². The number of methoxy groups -OCH3 is 1. The third-order valence-electron chi connectivity index (χ3n) is 3.48. The molecule has 0 bridgehead atoms. The molecule has 2 aromatic carbocycles. The van der Waals surface area contributed by atoms with Crippen molar-refractivity contribution in [2.75, 3.05) is 20.3 Å². The van der Waals surface area contributed by atoms with Crippen molar-refractivity contribution in [3.63, 3.8) is 0 Å². The molecule has 1 amide bonds. The molecule has 0 saturated carbocycles. The van der Waals surface area contributed by atoms with E-state index in [2.05, 4.69) is 49.0 Å². The SMILES string of the molecule is C=CCOc1c(Br)cc(Br)cc1/C=N/NC(=O)c1ccc(OCC)c(OC)c1. The van der Waals surface area contributed by atoms with Gasteiger partial charge in [0.2, 0.25) is 0 Å². The number of ether oxygens (including phenoxy) is 3. The topological polar surface area (TPSA) is 69.2 Å². The Hall–Kier alpha value is -2.32. The van der Waals surface area contributed by atoms with Gasteiger partial charge < -0.3 is 14.2 Å². The Balaban J connectivity index is 2.16. The third kappa shape index (κ3) is 5.84. The van der Waals surface area contributed by atoms with E-state index in [4.69, 9.17) is 14.2 Å². The number of amides is 1. The summed E-state index contributed by atoms with van der Waals surface area (Å²) in [5.74, 6) is 1.28. The number of rotatable bonds is 9. The zero-order valence-electron chi connectivity index (χ0n) is 15.5. The zero-order chi connectivity index (χ0) is 20.5. The van der Waals surface area contributed by atoms with E-state index in [1.54, 1.807) is 24.3 Å². The summed E-state index contributed by atoms with van der Waals surface area (Å²) in [5.41, 5.74) is 3.59. The number of hydrazone groups is 1. The maximum atomic E-state index is 12.4. The van der Waals surface area contributed by atoms with Crippen LogP contribution in [0.5, 0.6) is 17.2 Å². The van der Waals surface area contributed by atoms with E-state index >= 15 is 0 Å². The molecule has 0 heterocycles. The molecule has 2 rings (SSSR count). The van der Waals surface area contributed by atoms with Crippen LogP contribution in [0, 0.1) is 0 Å². The normalized spacial score (nSPS) is 10.6. The minimum Gasteiger partial charge on any atom is -0.493 e. The molecule has 6 nitrogen and oxygen atoms in total. The predicted octanol–water partition coefficient (Wildman–Crippen LogP) is 4.95. The molecule has 148 valence electrons. The molecule has 0 aliphatic rings. The second-order valence-electron chi connectivity index (χ2n) is 5.40. The lowest BCUT2D eigenvalue weighted by atomic mass is 10.2. The average molecular weight is 512 g/mol. The maximum absolute atomic E-state index is 12.4. The first-order valence-corrected chi connectivity index (χ1v) is 9.95. The number of carbonyl (C=O) groups excluding carboxylic acids is 1. The maximum Gasteiger partial charge on any atom is 0.271 e. The van der Waals surface area contributed by atoms with Gasteiger partial charge in [-0.3, -0.25) is 4.79 Å². The number of hydrogen-bond donors (Lipinski definition) is 1. The fourth-order valence-corrected chi connectivity index (χ4v) is 3.65. The molecule has 0 spiro atoms. The Bertz CT molecular complexity index is 885. The highest BCUT2D eigenvalue weighted by atomic mass is 79.9. The summed E-state index contributed by atoms with van der Waals surface area (Å²) in [4.78, 5) is 12.4. The highest BCUT2D eigenvalue weighted by Gasteiger charge is 2.11. The van der Waals surface area contributed by atoms with Crippen LogP contribution in [0.4, 0.5) is 0 Å². The predicted molar refractivity (Wildman–Crippen MR) is 117 cm³/mol. The minimum absolute atomic E-state index is 0.347. The summed E-state index contributed by atoms with van der Waals surface area (Å²) in [6.45, 7) is 6.37. The first-order valence-electron chi connectivity index (χ1n) is 8.37. The summed E-state index contributed by atoms with van der Waals surface area (Å²) >= 11 is 6.88. The molecule has 0 atom stereocenters. The van der Waals surface area contributed by atoms with Gasteiger partial charge in [0.05, 0.1) is 24.4 Å². The van der Waals surface area contributed by atoms with Crippen molar-refractivity contribution in [3.05, 3.63) is 63.1 Å². The average Bonchev–Trinajstić information content (AvgIpc) is 2.67. The van der Waals surface area contributed by atoms with Gasteiger partial charge in [0, 0.05) is 15.6 Å². The van der Waals surface area contributed by atoms with Gasteiger partial charge in [0.1, 0.15) is 12.4 Å². The van der Waals surface area contributed by atoms with Crippen molar-refractivity contribution < 1.29 is 19.0 Å². The van der Waals surface area contributed by atoms with Crippen molar-refractivity contribution in [2.45, 2.75) is 6.92 Å². The van der Waals surface area contributed by atoms with E-state index in [9.17, 15) is 4.79 Å². The largest absolute Gasteiger partial charge is 0.493 e. The summed E-state index contributed by atoms with van der Waals surface area (Å²) in [7, 11) is 1.52. The van der Waals surface area contributed by atoms with Gasteiger partial charge in [-0.25, -0.2) is 5.43 Å². The van der Waals surface area contributed by atoms with E-state index in [0.29, 0.717) is 41.6 Å². The monoisotopic (exact) mass is 510 g/mol. The molecule has 0 radical (unpaired) electrons. The number of nitrogens with one attached hydrogen (secondary N) is 1. The van der Waals surface area contributed by atoms with Crippen molar-refractivity contribution in [1.82, 2.24) is 5.43 Å². The van der Waals surface area contributed by atoms with Gasteiger partial charge in [0.15, 0.2) is 11.5 Å². The zero-order valence-corrected chi connectivity index (χ0v) is 18.7. The molecule has 0 unspecified atom stereocenters. The van der Waals surface area contributed by atoms with E-state index in [1.165, 1.54) is 13.3 Å². The molecule has 0 aliphatic carbocycles. The van der Waals surface area contributed by atoms with Gasteiger partial charge in [-0.2, -0.15) is 5.10 Å². The van der Waals surface area contributed by atoms with Gasteiger partial charge in [-0.05, 0) is 53.2 Å². The van der Waals surface area contributed by atoms with Crippen LogP contribution < -0.4 is 19.6 Å². The summed E-state index contributed by atoms with van der Waals surface area (Å²) in [6.07, 6.45) is 3.16. The molecule has 0 fully saturated rings. The van der Waals surface area contributed by atoms with Gasteiger partial charge in [-0.15, -0.1) is 0 Å². The van der Waals surface area contributed by atoms with E-state index in [1.807, 2.05) is 19.1 Å². The number of halogens is 2. The number of hydrogen-bond acceptors (Lipinski definition) is 5. The summed E-state index contributed by atoms with van der Waals surface area (Å²) in [6, 6.07) is 8.63. The third-order valence-corrected chi connectivity index (χ3v) is 4.52. The second-order valence-corrected chi connectivity index (χ2v) is 7.17. The molecular weight excluding hydrogens is 492 g/mol. The van der Waals surface area contributed by atoms with Crippen LogP contribution in [0.1, 0.15) is 22.8 Å². The quantitative estimate of drug-likeness (QED) is 0.294. The van der Waals surface area contributed by atoms with Crippen LogP contribution in [0.2, 0.25) is 0 Å². The Morgan fingerprint density at radius 2 is 2.00 bits per heavy atom. The standard InChI is InChI=1S/C20H20Br2N2O4/c1-4-8-28-19-14(9-15(21)11-16(19)22)12-23-24-20(25)13-6-7-17(27-5-2)18(10-13)26-3/h4,6-7,9-12H,1,5,8H2,2-3H3,(H,24,25)/b23-12+. The minimum atomic E-state index is -0.375. The molecule has 28 heavy (non-hydrogen) atoms. The Labute approximate surface area is 180 Å². The second kappa shape index (κ2) is 10.9. The summed E-state index contributed by atoms with van der Waals surface area (Å²) < 4.78 is 18.0. The first-order chi connectivity index (χ1) is 13.5. The lowest BCUT2D eigenvalue weighted by Gasteiger charge is -2.11. The Morgan fingerprint density at radius 3 is 2.68 bits per heavy atom. The van der Waals surface area contributed by atoms with Gasteiger partial charge in [-0.1, -0.05) is 28.6 Å². The number of carbonyl (C=O) groups is 1. The molecule has 0 saturated heterocycles. The molecule has 8 heteroatoms. The summed E-state index contributed by atoms with van der Waals surface area (Å²) in [5, 5.41) is 4.04. The van der Waals surface area contributed by atoms with Crippen molar-refractivity contribution >= 4 is 44.0 Å². The molecular formula is C20H20Br2N2O4. The van der Waals surface area contributed by atoms with Crippen LogP contribution in [-0.2, 0) is 0 Å². The smallest absolute Gasteiger partial charge is 0.271 e. The van der Waals surface area contributed by atoms with E-state index in [0.717, 1.165) is 8.95 Å². The van der Waals surface area contributed by atoms with Crippen molar-refractivity contribution in [2.24, 2.45) is 5.10 Å². The molecule has 0 aromatic heterocycles. The lowest BCUT2D eigenvalue weighted by molar-refractivity contribution is 0.0954. The highest BCUT2D eigenvalue weighted by molar-refractivity contribution is 9.11. The van der Waals surface area contributed by atoms with Crippen LogP contribution in [-0.4, -0.2) is 32.4 Å². The van der Waals surface area contributed by atoms with Gasteiger partial charge >= 0.3 is 0 Å². The van der Waals surface area contributed by atoms with E-state index in [-0.39, 0.29) is 5.91 Å². The van der Waals surface area contributed by atoms with Crippen LogP contribution in [0.25, 0.3) is 0 Å². The van der Waals surface area contributed by atoms with Crippen molar-refractivity contribution in [1.29, 1.82) is 0 Å². The number of benzene rings is 2. The van der Waals surface area contributed by atoms with E-state index < -0.39 is 0 Å². The van der Waals surface area contributed by atoms with Gasteiger partial charge in [0.25, 0.3) is 5.91 Å². The van der Waals surface area contributed by atoms with Crippen molar-refractivity contribution in [3.8, 4) is 17.2 Å². The number of nitrogens with zero attached hydrogens (tertiary/aromatic N) is 1. The van der Waals surface area contributed by atoms with Crippen LogP contribution >= 0.6 is 31.9 Å². The Morgan fingerprint density at radius 1 is 1.21 bits per heavy atom. The lowest BCUT2D eigenvalue weighted by Crippen LogP contribution is -2.17. The fraction of sp³-hybridized carbons (Fsp3) is 0.200. The highest BCUT2D eigenvalue weighted by Crippen LogP contribution is 2.32. The van der Waals surface area contributed by atoms with Crippen LogP contribution in [0.3, 0.4) is 0 Å². The fourth-order valence-electron chi connectivity index (χ4n) is 2.28. The molecule has 2 aromatic rings. The molecule has 1 N–H and O–H groups in total. The first kappa shape index (κ1) is 22.0. The molecule has 0 aliphatic heterocycles.